The molecule has 1 atom stereocenters. The van der Waals surface area contributed by atoms with E-state index in [1.54, 1.807) is 22.9 Å². The third-order valence-corrected chi connectivity index (χ3v) is 4.46. The summed E-state index contributed by atoms with van der Waals surface area (Å²) >= 11 is 0. The second kappa shape index (κ2) is 8.87. The Bertz CT molecular complexity index is 547. The lowest BCUT2D eigenvalue weighted by atomic mass is 9.98. The van der Waals surface area contributed by atoms with E-state index in [0.29, 0.717) is 19.0 Å². The number of likely N-dealkylation sites (tertiary alicyclic amines) is 1. The number of carbonyl (C=O) groups is 1. The fourth-order valence-corrected chi connectivity index (χ4v) is 3.30. The Kier molecular flexibility index (Phi) is 6.84. The molecule has 0 aromatic carbocycles. The minimum absolute atomic E-state index is 0.00667. The fourth-order valence-electron chi connectivity index (χ4n) is 3.30. The smallest absolute Gasteiger partial charge is 0.250 e. The van der Waals surface area contributed by atoms with Crippen LogP contribution in [0.3, 0.4) is 0 Å². The van der Waals surface area contributed by atoms with E-state index >= 15 is 0 Å². The number of aromatic nitrogens is 1. The van der Waals surface area contributed by atoms with Gasteiger partial charge in [-0.25, -0.2) is 0 Å². The minimum atomic E-state index is -0.0326. The van der Waals surface area contributed by atoms with Gasteiger partial charge in [0.25, 0.3) is 0 Å². The van der Waals surface area contributed by atoms with E-state index in [4.69, 9.17) is 0 Å². The molecule has 5 nitrogen and oxygen atoms in total. The van der Waals surface area contributed by atoms with Crippen LogP contribution in [0.4, 0.5) is 0 Å². The van der Waals surface area contributed by atoms with E-state index in [0.717, 1.165) is 19.5 Å². The first kappa shape index (κ1) is 17.7. The van der Waals surface area contributed by atoms with Crippen LogP contribution < -0.4 is 10.9 Å². The third-order valence-electron chi connectivity index (χ3n) is 4.46. The van der Waals surface area contributed by atoms with E-state index in [-0.39, 0.29) is 17.5 Å². The van der Waals surface area contributed by atoms with Gasteiger partial charge in [-0.15, -0.1) is 0 Å². The quantitative estimate of drug-likeness (QED) is 0.781. The second-order valence-electron chi connectivity index (χ2n) is 6.66. The molecule has 23 heavy (non-hydrogen) atoms. The zero-order chi connectivity index (χ0) is 16.7. The molecular weight excluding hydrogens is 290 g/mol. The van der Waals surface area contributed by atoms with Gasteiger partial charge >= 0.3 is 0 Å². The maximum Gasteiger partial charge on any atom is 0.250 e. The Morgan fingerprint density at radius 3 is 2.61 bits per heavy atom. The van der Waals surface area contributed by atoms with Crippen LogP contribution in [0.5, 0.6) is 0 Å². The van der Waals surface area contributed by atoms with Crippen LogP contribution in [-0.2, 0) is 11.3 Å². The summed E-state index contributed by atoms with van der Waals surface area (Å²) in [7, 11) is 0. The van der Waals surface area contributed by atoms with E-state index in [9.17, 15) is 9.59 Å². The lowest BCUT2D eigenvalue weighted by Crippen LogP contribution is -2.51. The van der Waals surface area contributed by atoms with E-state index in [1.807, 2.05) is 6.07 Å². The number of aryl methyl sites for hydroxylation is 1. The Hall–Kier alpha value is -1.62. The molecule has 1 fully saturated rings. The zero-order valence-electron chi connectivity index (χ0n) is 14.3. The van der Waals surface area contributed by atoms with Crippen molar-refractivity contribution < 1.29 is 4.79 Å². The van der Waals surface area contributed by atoms with E-state index in [1.165, 1.54) is 19.3 Å². The van der Waals surface area contributed by atoms with Crippen molar-refractivity contribution in [1.29, 1.82) is 0 Å². The molecule has 128 valence electrons. The van der Waals surface area contributed by atoms with Crippen molar-refractivity contribution >= 4 is 5.91 Å². The van der Waals surface area contributed by atoms with Crippen molar-refractivity contribution in [2.45, 2.75) is 52.1 Å². The van der Waals surface area contributed by atoms with Crippen LogP contribution in [-0.4, -0.2) is 41.1 Å². The highest BCUT2D eigenvalue weighted by molar-refractivity contribution is 5.82. The largest absolute Gasteiger partial charge is 0.355 e. The molecule has 1 aromatic heterocycles. The first-order valence-corrected chi connectivity index (χ1v) is 8.77. The number of hydrogen-bond acceptors (Lipinski definition) is 3. The van der Waals surface area contributed by atoms with Gasteiger partial charge in [0, 0.05) is 25.4 Å². The van der Waals surface area contributed by atoms with Crippen molar-refractivity contribution in [3.05, 3.63) is 34.7 Å². The number of nitrogens with one attached hydrogen (secondary N) is 1. The normalized spacial score (nSPS) is 17.2. The van der Waals surface area contributed by atoms with Crippen LogP contribution in [0, 0.1) is 5.92 Å². The average molecular weight is 319 g/mol. The lowest BCUT2D eigenvalue weighted by Gasteiger charge is -2.35. The molecule has 1 N–H and O–H groups in total. The van der Waals surface area contributed by atoms with Gasteiger partial charge in [0.15, 0.2) is 0 Å². The predicted molar refractivity (Wildman–Crippen MR) is 92.4 cm³/mol. The molecule has 0 saturated carbocycles. The van der Waals surface area contributed by atoms with Crippen LogP contribution >= 0.6 is 0 Å². The maximum atomic E-state index is 12.5. The number of rotatable bonds is 7. The molecule has 0 bridgehead atoms. The molecule has 0 radical (unpaired) electrons. The lowest BCUT2D eigenvalue weighted by molar-refractivity contribution is -0.128. The summed E-state index contributed by atoms with van der Waals surface area (Å²) in [4.78, 5) is 26.5. The second-order valence-corrected chi connectivity index (χ2v) is 6.66. The van der Waals surface area contributed by atoms with Gasteiger partial charge in [0.05, 0.1) is 6.04 Å². The van der Waals surface area contributed by atoms with Crippen molar-refractivity contribution in [2.24, 2.45) is 5.92 Å². The molecule has 0 aliphatic carbocycles. The maximum absolute atomic E-state index is 12.5. The highest BCUT2D eigenvalue weighted by Crippen LogP contribution is 2.17. The van der Waals surface area contributed by atoms with Crippen LogP contribution in [0.25, 0.3) is 0 Å². The standard InChI is InChI=1S/C18H29N3O2/c1-15(2)17(21-12-5-3-6-13-21)18(23)19-10-8-14-20-11-7-4-9-16(20)22/h4,7,9,11,15,17H,3,5-6,8,10,12-14H2,1-2H3,(H,19,23)/t17-/m1/s1. The molecule has 1 saturated heterocycles. The molecule has 1 aliphatic heterocycles. The summed E-state index contributed by atoms with van der Waals surface area (Å²) < 4.78 is 1.68. The SMILES string of the molecule is CC(C)[C@H](C(=O)NCCCn1ccccc1=O)N1CCCCC1. The first-order valence-electron chi connectivity index (χ1n) is 8.77. The minimum Gasteiger partial charge on any atom is -0.355 e. The number of pyridine rings is 1. The molecular formula is C18H29N3O2. The van der Waals surface area contributed by atoms with E-state index in [2.05, 4.69) is 24.1 Å². The number of amides is 1. The van der Waals surface area contributed by atoms with Crippen molar-refractivity contribution in [2.75, 3.05) is 19.6 Å². The summed E-state index contributed by atoms with van der Waals surface area (Å²) in [5.74, 6) is 0.437. The number of piperidine rings is 1. The molecule has 1 aromatic rings. The number of hydrogen-bond donors (Lipinski definition) is 1. The van der Waals surface area contributed by atoms with Crippen molar-refractivity contribution in [3.63, 3.8) is 0 Å². The summed E-state index contributed by atoms with van der Waals surface area (Å²) in [6, 6.07) is 5.12. The van der Waals surface area contributed by atoms with Crippen LogP contribution in [0.1, 0.15) is 39.5 Å². The molecule has 0 unspecified atom stereocenters. The molecule has 2 rings (SSSR count). The molecule has 1 amide bonds. The molecule has 0 spiro atoms. The first-order chi connectivity index (χ1) is 11.1. The zero-order valence-corrected chi connectivity index (χ0v) is 14.3. The van der Waals surface area contributed by atoms with E-state index < -0.39 is 0 Å². The topological polar surface area (TPSA) is 54.3 Å². The van der Waals surface area contributed by atoms with Crippen molar-refractivity contribution in [3.8, 4) is 0 Å². The highest BCUT2D eigenvalue weighted by Gasteiger charge is 2.29. The predicted octanol–water partition coefficient (Wildman–Crippen LogP) is 1.87. The highest BCUT2D eigenvalue weighted by atomic mass is 16.2. The Balaban J connectivity index is 1.80. The van der Waals surface area contributed by atoms with Gasteiger partial charge in [0.2, 0.25) is 11.5 Å². The molecule has 5 heteroatoms. The summed E-state index contributed by atoms with van der Waals surface area (Å²) in [6.07, 6.45) is 6.20. The van der Waals surface area contributed by atoms with Gasteiger partial charge in [0.1, 0.15) is 0 Å². The Labute approximate surface area is 138 Å². The van der Waals surface area contributed by atoms with Crippen LogP contribution in [0.15, 0.2) is 29.2 Å². The third kappa shape index (κ3) is 5.20. The summed E-state index contributed by atoms with van der Waals surface area (Å²) in [6.45, 7) is 7.52. The summed E-state index contributed by atoms with van der Waals surface area (Å²) in [5, 5.41) is 3.06. The monoisotopic (exact) mass is 319 g/mol. The van der Waals surface area contributed by atoms with Gasteiger partial charge in [-0.05, 0) is 44.3 Å². The van der Waals surface area contributed by atoms with Crippen LogP contribution in [0.2, 0.25) is 0 Å². The molecule has 1 aliphatic rings. The summed E-state index contributed by atoms with van der Waals surface area (Å²) in [5.41, 5.74) is 0.00667. The number of carbonyl (C=O) groups excluding carboxylic acids is 1. The number of nitrogens with zero attached hydrogens (tertiary/aromatic N) is 2. The van der Waals surface area contributed by atoms with Gasteiger partial charge in [-0.1, -0.05) is 26.3 Å². The van der Waals surface area contributed by atoms with Gasteiger partial charge in [-0.3, -0.25) is 14.5 Å². The fraction of sp³-hybridized carbons (Fsp3) is 0.667. The van der Waals surface area contributed by atoms with Gasteiger partial charge in [-0.2, -0.15) is 0 Å². The Morgan fingerprint density at radius 2 is 1.96 bits per heavy atom. The molecule has 2 heterocycles. The van der Waals surface area contributed by atoms with Crippen molar-refractivity contribution in [1.82, 2.24) is 14.8 Å². The Morgan fingerprint density at radius 1 is 1.22 bits per heavy atom. The average Bonchev–Trinajstić information content (AvgIpc) is 2.54. The van der Waals surface area contributed by atoms with Gasteiger partial charge < -0.3 is 9.88 Å².